The first kappa shape index (κ1) is 69.1. The quantitative estimate of drug-likeness (QED) is 0.0321. The standard InChI is InChI=1S/C65H123NO5/c1-3-5-7-9-11-13-15-17-19-21-22-23-24-25-26-27-28-29-30-33-37-41-45-49-53-57-63(68)62(61-67)66-64(69)58-54-50-46-42-38-34-32-36-40-44-48-52-56-60-71-65(70)59-55-51-47-43-39-35-31-20-18-16-14-12-10-8-6-4-2/h20,31,34,38,53,57,62-63,67-68H,3-19,21-30,32-33,35-37,39-52,54-56,58-61H2,1-2H3,(H,66,69)/b31-20-,38-34-,57-53+. The van der Waals surface area contributed by atoms with E-state index < -0.39 is 12.1 Å². The van der Waals surface area contributed by atoms with E-state index in [1.807, 2.05) is 6.08 Å². The average Bonchev–Trinajstić information content (AvgIpc) is 3.37. The third kappa shape index (κ3) is 57.2. The lowest BCUT2D eigenvalue weighted by Crippen LogP contribution is -2.45. The molecule has 3 N–H and O–H groups in total. The normalized spacial score (nSPS) is 12.8. The summed E-state index contributed by atoms with van der Waals surface area (Å²) in [6, 6.07) is -0.650. The van der Waals surface area contributed by atoms with Gasteiger partial charge in [0.15, 0.2) is 0 Å². The van der Waals surface area contributed by atoms with Gasteiger partial charge in [0.25, 0.3) is 0 Å². The van der Waals surface area contributed by atoms with Crippen LogP contribution in [0.25, 0.3) is 0 Å². The van der Waals surface area contributed by atoms with Gasteiger partial charge in [0, 0.05) is 12.8 Å². The number of aliphatic hydroxyl groups is 2. The van der Waals surface area contributed by atoms with Crippen molar-refractivity contribution in [3.05, 3.63) is 36.5 Å². The van der Waals surface area contributed by atoms with Gasteiger partial charge in [0.2, 0.25) is 5.91 Å². The van der Waals surface area contributed by atoms with E-state index >= 15 is 0 Å². The molecule has 2 atom stereocenters. The fourth-order valence-electron chi connectivity index (χ4n) is 9.74. The summed E-state index contributed by atoms with van der Waals surface area (Å²) >= 11 is 0. The van der Waals surface area contributed by atoms with Gasteiger partial charge in [-0.2, -0.15) is 0 Å². The first-order valence-corrected chi connectivity index (χ1v) is 31.8. The molecule has 0 rings (SSSR count). The Kier molecular flexibility index (Phi) is 59.0. The van der Waals surface area contributed by atoms with Crippen LogP contribution < -0.4 is 5.32 Å². The molecule has 0 radical (unpaired) electrons. The van der Waals surface area contributed by atoms with Crippen molar-refractivity contribution < 1.29 is 24.5 Å². The van der Waals surface area contributed by atoms with E-state index in [2.05, 4.69) is 43.5 Å². The van der Waals surface area contributed by atoms with Crippen molar-refractivity contribution in [2.45, 2.75) is 353 Å². The van der Waals surface area contributed by atoms with Gasteiger partial charge in [0.05, 0.1) is 25.4 Å². The molecule has 0 spiro atoms. The maximum atomic E-state index is 12.5. The molecule has 0 aliphatic heterocycles. The highest BCUT2D eigenvalue weighted by Gasteiger charge is 2.18. The summed E-state index contributed by atoms with van der Waals surface area (Å²) in [6.45, 7) is 4.88. The Balaban J connectivity index is 3.51. The van der Waals surface area contributed by atoms with Crippen LogP contribution in [0.4, 0.5) is 0 Å². The lowest BCUT2D eigenvalue weighted by atomic mass is 10.0. The van der Waals surface area contributed by atoms with Gasteiger partial charge in [0.1, 0.15) is 0 Å². The van der Waals surface area contributed by atoms with Gasteiger partial charge < -0.3 is 20.3 Å². The molecule has 0 aromatic rings. The first-order valence-electron chi connectivity index (χ1n) is 31.8. The van der Waals surface area contributed by atoms with Crippen molar-refractivity contribution in [3.63, 3.8) is 0 Å². The molecular weight excluding hydrogens is 875 g/mol. The Morgan fingerprint density at radius 3 is 1.01 bits per heavy atom. The minimum atomic E-state index is -0.864. The van der Waals surface area contributed by atoms with Crippen LogP contribution in [0.2, 0.25) is 0 Å². The SMILES string of the molecule is CCCCCCCCC/C=C\CCCCCCCC(=O)OCCCCCCCC/C=C\CCCCCC(=O)NC(CO)C(O)/C=C/CCCCCCCCCCCCCCCCCCCCCCCCC. The van der Waals surface area contributed by atoms with Crippen LogP contribution in [0, 0.1) is 0 Å². The molecule has 2 unspecified atom stereocenters. The minimum Gasteiger partial charge on any atom is -0.466 e. The molecule has 0 heterocycles. The Morgan fingerprint density at radius 1 is 0.380 bits per heavy atom. The number of aliphatic hydroxyl groups excluding tert-OH is 2. The van der Waals surface area contributed by atoms with Crippen LogP contribution >= 0.6 is 0 Å². The summed E-state index contributed by atoms with van der Waals surface area (Å²) in [4.78, 5) is 24.6. The first-order chi connectivity index (χ1) is 35.0. The lowest BCUT2D eigenvalue weighted by Gasteiger charge is -2.19. The molecule has 0 fully saturated rings. The molecule has 0 aliphatic carbocycles. The Labute approximate surface area is 443 Å². The molecule has 0 aromatic heterocycles. The molecule has 418 valence electrons. The Morgan fingerprint density at radius 2 is 0.662 bits per heavy atom. The molecular formula is C65H123NO5. The van der Waals surface area contributed by atoms with E-state index in [9.17, 15) is 19.8 Å². The minimum absolute atomic E-state index is 0.0208. The van der Waals surface area contributed by atoms with Crippen molar-refractivity contribution >= 4 is 11.9 Å². The molecule has 6 nitrogen and oxygen atoms in total. The van der Waals surface area contributed by atoms with Gasteiger partial charge in [-0.15, -0.1) is 0 Å². The zero-order valence-corrected chi connectivity index (χ0v) is 47.7. The van der Waals surface area contributed by atoms with Gasteiger partial charge in [-0.1, -0.05) is 281 Å². The second-order valence-corrected chi connectivity index (χ2v) is 21.7. The van der Waals surface area contributed by atoms with E-state index in [0.29, 0.717) is 19.4 Å². The fraction of sp³-hybridized carbons (Fsp3) is 0.877. The molecule has 0 bridgehead atoms. The van der Waals surface area contributed by atoms with Crippen LogP contribution in [-0.2, 0) is 14.3 Å². The smallest absolute Gasteiger partial charge is 0.305 e. The maximum absolute atomic E-state index is 12.5. The second-order valence-electron chi connectivity index (χ2n) is 21.7. The third-order valence-corrected chi connectivity index (χ3v) is 14.6. The number of carbonyl (C=O) groups excluding carboxylic acids is 2. The lowest BCUT2D eigenvalue weighted by molar-refractivity contribution is -0.143. The van der Waals surface area contributed by atoms with E-state index in [4.69, 9.17) is 4.74 Å². The van der Waals surface area contributed by atoms with Gasteiger partial charge >= 0.3 is 5.97 Å². The van der Waals surface area contributed by atoms with Gasteiger partial charge in [-0.05, 0) is 83.5 Å². The number of carbonyl (C=O) groups is 2. The van der Waals surface area contributed by atoms with E-state index in [0.717, 1.165) is 70.6 Å². The Hall–Kier alpha value is -1.92. The van der Waals surface area contributed by atoms with E-state index in [1.54, 1.807) is 6.08 Å². The zero-order valence-electron chi connectivity index (χ0n) is 47.7. The molecule has 0 aromatic carbocycles. The highest BCUT2D eigenvalue weighted by atomic mass is 16.5. The average molecular weight is 999 g/mol. The zero-order chi connectivity index (χ0) is 51.4. The molecule has 1 amide bonds. The number of ether oxygens (including phenoxy) is 1. The number of allylic oxidation sites excluding steroid dienone is 5. The van der Waals surface area contributed by atoms with Crippen LogP contribution in [0.15, 0.2) is 36.5 Å². The topological polar surface area (TPSA) is 95.9 Å². The predicted molar refractivity (Wildman–Crippen MR) is 310 cm³/mol. The Bertz CT molecular complexity index is 1150. The van der Waals surface area contributed by atoms with E-state index in [1.165, 1.54) is 244 Å². The molecule has 6 heteroatoms. The molecule has 0 saturated heterocycles. The van der Waals surface area contributed by atoms with Crippen molar-refractivity contribution in [1.29, 1.82) is 0 Å². The number of hydrogen-bond acceptors (Lipinski definition) is 5. The van der Waals surface area contributed by atoms with Crippen LogP contribution in [0.3, 0.4) is 0 Å². The van der Waals surface area contributed by atoms with Crippen molar-refractivity contribution in [2.75, 3.05) is 13.2 Å². The van der Waals surface area contributed by atoms with Crippen molar-refractivity contribution in [3.8, 4) is 0 Å². The summed E-state index contributed by atoms with van der Waals surface area (Å²) < 4.78 is 5.47. The number of hydrogen-bond donors (Lipinski definition) is 3. The van der Waals surface area contributed by atoms with Crippen molar-refractivity contribution in [1.82, 2.24) is 5.32 Å². The third-order valence-electron chi connectivity index (χ3n) is 14.6. The summed E-state index contributed by atoms with van der Waals surface area (Å²) in [7, 11) is 0. The highest BCUT2D eigenvalue weighted by molar-refractivity contribution is 5.76. The van der Waals surface area contributed by atoms with Gasteiger partial charge in [-0.25, -0.2) is 0 Å². The largest absolute Gasteiger partial charge is 0.466 e. The van der Waals surface area contributed by atoms with Crippen LogP contribution in [-0.4, -0.2) is 47.4 Å². The predicted octanol–water partition coefficient (Wildman–Crippen LogP) is 20.0. The highest BCUT2D eigenvalue weighted by Crippen LogP contribution is 2.17. The van der Waals surface area contributed by atoms with Gasteiger partial charge in [-0.3, -0.25) is 9.59 Å². The molecule has 71 heavy (non-hydrogen) atoms. The fourth-order valence-corrected chi connectivity index (χ4v) is 9.74. The summed E-state index contributed by atoms with van der Waals surface area (Å²) in [5.41, 5.74) is 0. The molecule has 0 saturated carbocycles. The summed E-state index contributed by atoms with van der Waals surface area (Å²) in [5.74, 6) is -0.116. The number of unbranched alkanes of at least 4 members (excludes halogenated alkanes) is 44. The number of esters is 1. The number of amides is 1. The van der Waals surface area contributed by atoms with Crippen LogP contribution in [0.5, 0.6) is 0 Å². The maximum Gasteiger partial charge on any atom is 0.305 e. The number of nitrogens with one attached hydrogen (secondary N) is 1. The van der Waals surface area contributed by atoms with Crippen molar-refractivity contribution in [2.24, 2.45) is 0 Å². The van der Waals surface area contributed by atoms with E-state index in [-0.39, 0.29) is 18.5 Å². The monoisotopic (exact) mass is 998 g/mol. The summed E-state index contributed by atoms with van der Waals surface area (Å²) in [6.07, 6.45) is 76.2. The van der Waals surface area contributed by atoms with Crippen LogP contribution in [0.1, 0.15) is 341 Å². The second kappa shape index (κ2) is 60.6. The number of rotatable bonds is 59. The summed E-state index contributed by atoms with van der Waals surface area (Å²) in [5, 5.41) is 23.2. The molecule has 0 aliphatic rings.